The minimum Gasteiger partial charge on any atom is -0.381 e. The van der Waals surface area contributed by atoms with E-state index in [1.54, 1.807) is 0 Å². The lowest BCUT2D eigenvalue weighted by Crippen LogP contribution is -2.37. The van der Waals surface area contributed by atoms with Crippen LogP contribution < -0.4 is 10.2 Å². The van der Waals surface area contributed by atoms with Gasteiger partial charge in [-0.15, -0.1) is 0 Å². The Morgan fingerprint density at radius 1 is 1.37 bits per heavy atom. The van der Waals surface area contributed by atoms with Gasteiger partial charge in [-0.2, -0.15) is 0 Å². The molecule has 1 heterocycles. The highest BCUT2D eigenvalue weighted by Crippen LogP contribution is 2.27. The summed E-state index contributed by atoms with van der Waals surface area (Å²) in [6, 6.07) is 7.15. The summed E-state index contributed by atoms with van der Waals surface area (Å²) in [4.78, 5) is 2.42. The fourth-order valence-corrected chi connectivity index (χ4v) is 2.98. The Labute approximate surface area is 124 Å². The molecule has 1 fully saturated rings. The first-order valence-corrected chi connectivity index (χ1v) is 7.81. The quantitative estimate of drug-likeness (QED) is 0.899. The molecule has 1 saturated heterocycles. The summed E-state index contributed by atoms with van der Waals surface area (Å²) in [6.45, 7) is 5.81. The third kappa shape index (κ3) is 3.94. The average Bonchev–Trinajstić information content (AvgIpc) is 2.45. The minimum absolute atomic E-state index is 0.593. The molecule has 0 aliphatic carbocycles. The lowest BCUT2D eigenvalue weighted by atomic mass is 10.0. The zero-order valence-electron chi connectivity index (χ0n) is 11.8. The number of halogens is 1. The van der Waals surface area contributed by atoms with Gasteiger partial charge in [-0.1, -0.05) is 22.9 Å². The monoisotopic (exact) mass is 326 g/mol. The molecule has 0 aromatic heterocycles. The molecule has 0 bridgehead atoms. The SMILES string of the molecule is CCNCc1cc(Br)ccc1N(C)C1CCOCC1. The van der Waals surface area contributed by atoms with Crippen molar-refractivity contribution in [2.75, 3.05) is 31.7 Å². The normalized spacial score (nSPS) is 16.6. The zero-order valence-corrected chi connectivity index (χ0v) is 13.4. The van der Waals surface area contributed by atoms with Crippen LogP contribution in [0.3, 0.4) is 0 Å². The largest absolute Gasteiger partial charge is 0.381 e. The van der Waals surface area contributed by atoms with Gasteiger partial charge in [0.1, 0.15) is 0 Å². The van der Waals surface area contributed by atoms with Gasteiger partial charge in [0, 0.05) is 43.0 Å². The predicted molar refractivity (Wildman–Crippen MR) is 83.8 cm³/mol. The topological polar surface area (TPSA) is 24.5 Å². The van der Waals surface area contributed by atoms with Crippen LogP contribution in [0.15, 0.2) is 22.7 Å². The molecule has 106 valence electrons. The highest BCUT2D eigenvalue weighted by Gasteiger charge is 2.20. The van der Waals surface area contributed by atoms with E-state index in [0.29, 0.717) is 6.04 Å². The van der Waals surface area contributed by atoms with Crippen molar-refractivity contribution in [2.45, 2.75) is 32.4 Å². The molecule has 0 saturated carbocycles. The molecule has 0 spiro atoms. The van der Waals surface area contributed by atoms with Gasteiger partial charge < -0.3 is 15.0 Å². The van der Waals surface area contributed by atoms with Crippen LogP contribution in [0.5, 0.6) is 0 Å². The van der Waals surface area contributed by atoms with E-state index in [2.05, 4.69) is 58.3 Å². The molecule has 1 aromatic rings. The Bertz CT molecular complexity index is 405. The van der Waals surface area contributed by atoms with Gasteiger partial charge in [0.2, 0.25) is 0 Å². The molecule has 1 aliphatic heterocycles. The van der Waals surface area contributed by atoms with Crippen molar-refractivity contribution in [1.82, 2.24) is 5.32 Å². The number of nitrogens with zero attached hydrogens (tertiary/aromatic N) is 1. The third-order valence-electron chi connectivity index (χ3n) is 3.73. The van der Waals surface area contributed by atoms with Crippen LogP contribution in [0.4, 0.5) is 5.69 Å². The van der Waals surface area contributed by atoms with Crippen LogP contribution in [0.1, 0.15) is 25.3 Å². The molecule has 1 aliphatic rings. The van der Waals surface area contributed by atoms with Gasteiger partial charge in [0.25, 0.3) is 0 Å². The van der Waals surface area contributed by atoms with Crippen molar-refractivity contribution >= 4 is 21.6 Å². The first-order valence-electron chi connectivity index (χ1n) is 7.02. The fourth-order valence-electron chi connectivity index (χ4n) is 2.57. The summed E-state index contributed by atoms with van der Waals surface area (Å²) in [7, 11) is 2.20. The lowest BCUT2D eigenvalue weighted by molar-refractivity contribution is 0.0854. The van der Waals surface area contributed by atoms with Crippen LogP contribution in [0, 0.1) is 0 Å². The summed E-state index contributed by atoms with van der Waals surface area (Å²) in [6.07, 6.45) is 2.24. The van der Waals surface area contributed by atoms with Gasteiger partial charge in [0.15, 0.2) is 0 Å². The Morgan fingerprint density at radius 2 is 2.11 bits per heavy atom. The third-order valence-corrected chi connectivity index (χ3v) is 4.22. The van der Waals surface area contributed by atoms with Gasteiger partial charge in [-0.25, -0.2) is 0 Å². The molecule has 0 amide bonds. The molecule has 3 nitrogen and oxygen atoms in total. The van der Waals surface area contributed by atoms with Crippen molar-refractivity contribution < 1.29 is 4.74 Å². The molecule has 0 atom stereocenters. The summed E-state index contributed by atoms with van der Waals surface area (Å²) < 4.78 is 6.60. The van der Waals surface area contributed by atoms with E-state index in [9.17, 15) is 0 Å². The van der Waals surface area contributed by atoms with Gasteiger partial charge in [0.05, 0.1) is 0 Å². The molecule has 1 aromatic carbocycles. The zero-order chi connectivity index (χ0) is 13.7. The summed E-state index contributed by atoms with van der Waals surface area (Å²) in [5.74, 6) is 0. The second kappa shape index (κ2) is 7.27. The molecule has 0 radical (unpaired) electrons. The van der Waals surface area contributed by atoms with Crippen molar-refractivity contribution in [2.24, 2.45) is 0 Å². The van der Waals surface area contributed by atoms with E-state index in [0.717, 1.165) is 43.6 Å². The van der Waals surface area contributed by atoms with E-state index >= 15 is 0 Å². The number of hydrogen-bond acceptors (Lipinski definition) is 3. The number of rotatable bonds is 5. The lowest BCUT2D eigenvalue weighted by Gasteiger charge is -2.34. The highest BCUT2D eigenvalue weighted by atomic mass is 79.9. The van der Waals surface area contributed by atoms with E-state index < -0.39 is 0 Å². The number of ether oxygens (including phenoxy) is 1. The maximum atomic E-state index is 5.45. The number of nitrogens with one attached hydrogen (secondary N) is 1. The molecule has 1 N–H and O–H groups in total. The second-order valence-electron chi connectivity index (χ2n) is 5.01. The Balaban J connectivity index is 2.16. The molecule has 0 unspecified atom stereocenters. The molecule has 4 heteroatoms. The van der Waals surface area contributed by atoms with E-state index in [-0.39, 0.29) is 0 Å². The molecular formula is C15H23BrN2O. The van der Waals surface area contributed by atoms with Crippen LogP contribution in [-0.4, -0.2) is 32.8 Å². The smallest absolute Gasteiger partial charge is 0.0485 e. The number of hydrogen-bond donors (Lipinski definition) is 1. The predicted octanol–water partition coefficient (Wildman–Crippen LogP) is 3.17. The molecular weight excluding hydrogens is 304 g/mol. The summed E-state index contributed by atoms with van der Waals surface area (Å²) in [5.41, 5.74) is 2.68. The van der Waals surface area contributed by atoms with E-state index in [4.69, 9.17) is 4.74 Å². The van der Waals surface area contributed by atoms with Crippen LogP contribution >= 0.6 is 15.9 Å². The Hall–Kier alpha value is -0.580. The van der Waals surface area contributed by atoms with Crippen LogP contribution in [0.2, 0.25) is 0 Å². The number of benzene rings is 1. The second-order valence-corrected chi connectivity index (χ2v) is 5.92. The standard InChI is InChI=1S/C15H23BrN2O/c1-3-17-11-12-10-13(16)4-5-15(12)18(2)14-6-8-19-9-7-14/h4-5,10,14,17H,3,6-9,11H2,1-2H3. The van der Waals surface area contributed by atoms with Crippen molar-refractivity contribution in [3.63, 3.8) is 0 Å². The van der Waals surface area contributed by atoms with Gasteiger partial charge in [-0.05, 0) is 43.1 Å². The van der Waals surface area contributed by atoms with Crippen molar-refractivity contribution in [1.29, 1.82) is 0 Å². The Kier molecular flexibility index (Phi) is 5.67. The molecule has 2 rings (SSSR count). The highest BCUT2D eigenvalue weighted by molar-refractivity contribution is 9.10. The molecule has 19 heavy (non-hydrogen) atoms. The summed E-state index contributed by atoms with van der Waals surface area (Å²) >= 11 is 3.57. The van der Waals surface area contributed by atoms with Gasteiger partial charge >= 0.3 is 0 Å². The maximum absolute atomic E-state index is 5.45. The van der Waals surface area contributed by atoms with Crippen LogP contribution in [-0.2, 0) is 11.3 Å². The van der Waals surface area contributed by atoms with Crippen molar-refractivity contribution in [3.8, 4) is 0 Å². The van der Waals surface area contributed by atoms with E-state index in [1.807, 2.05) is 0 Å². The minimum atomic E-state index is 0.593. The van der Waals surface area contributed by atoms with Crippen LogP contribution in [0.25, 0.3) is 0 Å². The first-order chi connectivity index (χ1) is 9.22. The Morgan fingerprint density at radius 3 is 2.79 bits per heavy atom. The number of anilines is 1. The van der Waals surface area contributed by atoms with E-state index in [1.165, 1.54) is 11.3 Å². The van der Waals surface area contributed by atoms with Gasteiger partial charge in [-0.3, -0.25) is 0 Å². The van der Waals surface area contributed by atoms with Crippen molar-refractivity contribution in [3.05, 3.63) is 28.2 Å². The fraction of sp³-hybridized carbons (Fsp3) is 0.600. The maximum Gasteiger partial charge on any atom is 0.0485 e. The average molecular weight is 327 g/mol. The summed E-state index contributed by atoms with van der Waals surface area (Å²) in [5, 5.41) is 3.42. The first kappa shape index (κ1) is 14.8.